The number of rotatable bonds is 4. The van der Waals surface area contributed by atoms with E-state index in [0.29, 0.717) is 17.9 Å². The maximum Gasteiger partial charge on any atom is 0.339 e. The summed E-state index contributed by atoms with van der Waals surface area (Å²) in [6.07, 6.45) is 5.24. The van der Waals surface area contributed by atoms with Crippen LogP contribution in [-0.2, 0) is 4.74 Å². The number of benzene rings is 1. The molecule has 0 spiro atoms. The second-order valence-corrected chi connectivity index (χ2v) is 7.00. The van der Waals surface area contributed by atoms with Crippen LogP contribution >= 0.6 is 22.6 Å². The van der Waals surface area contributed by atoms with E-state index in [-0.39, 0.29) is 12.0 Å². The summed E-state index contributed by atoms with van der Waals surface area (Å²) in [6.45, 7) is 1.24. The first-order valence-electron chi connectivity index (χ1n) is 8.07. The van der Waals surface area contributed by atoms with Crippen LogP contribution in [0.3, 0.4) is 0 Å². The molecule has 0 radical (unpaired) electrons. The third-order valence-corrected chi connectivity index (χ3v) is 5.27. The molecule has 1 aromatic carbocycles. The summed E-state index contributed by atoms with van der Waals surface area (Å²) in [5.74, 6) is 1.21. The summed E-state index contributed by atoms with van der Waals surface area (Å²) in [4.78, 5) is 22.9. The van der Waals surface area contributed by atoms with Crippen molar-refractivity contribution in [3.63, 3.8) is 0 Å². The number of esters is 1. The number of ether oxygens (including phenoxy) is 1. The van der Waals surface area contributed by atoms with Crippen molar-refractivity contribution in [3.8, 4) is 0 Å². The molecule has 8 heteroatoms. The van der Waals surface area contributed by atoms with E-state index in [9.17, 15) is 4.79 Å². The van der Waals surface area contributed by atoms with E-state index < -0.39 is 0 Å². The second kappa shape index (κ2) is 6.95. The fraction of sp³-hybridized carbons (Fsp3) is 0.294. The Morgan fingerprint density at radius 3 is 3.04 bits per heavy atom. The van der Waals surface area contributed by atoms with E-state index in [4.69, 9.17) is 4.74 Å². The Labute approximate surface area is 158 Å². The zero-order chi connectivity index (χ0) is 17.2. The molecular formula is C17H16IN5O2. The van der Waals surface area contributed by atoms with Crippen molar-refractivity contribution >= 4 is 40.2 Å². The number of anilines is 1. The lowest BCUT2D eigenvalue weighted by Crippen LogP contribution is -2.35. The minimum atomic E-state index is -0.280. The smallest absolute Gasteiger partial charge is 0.339 e. The molecular weight excluding hydrogens is 433 g/mol. The zero-order valence-electron chi connectivity index (χ0n) is 13.4. The highest BCUT2D eigenvalue weighted by Gasteiger charge is 2.28. The topological polar surface area (TPSA) is 72.6 Å². The average molecular weight is 449 g/mol. The normalized spacial score (nSPS) is 17.2. The van der Waals surface area contributed by atoms with Crippen molar-refractivity contribution < 1.29 is 9.53 Å². The molecule has 0 aliphatic carbocycles. The Morgan fingerprint density at radius 2 is 2.16 bits per heavy atom. The molecule has 1 aliphatic heterocycles. The lowest BCUT2D eigenvalue weighted by molar-refractivity contribution is 0.0481. The Morgan fingerprint density at radius 1 is 1.28 bits per heavy atom. The molecule has 3 heterocycles. The van der Waals surface area contributed by atoms with E-state index >= 15 is 0 Å². The van der Waals surface area contributed by atoms with Gasteiger partial charge in [-0.2, -0.15) is 14.6 Å². The maximum atomic E-state index is 12.4. The summed E-state index contributed by atoms with van der Waals surface area (Å²) in [7, 11) is 0. The molecule has 1 atom stereocenters. The lowest BCUT2D eigenvalue weighted by atomic mass is 10.2. The van der Waals surface area contributed by atoms with Crippen molar-refractivity contribution in [2.75, 3.05) is 18.1 Å². The van der Waals surface area contributed by atoms with Gasteiger partial charge in [0, 0.05) is 16.3 Å². The molecule has 2 aromatic heterocycles. The van der Waals surface area contributed by atoms with Crippen LogP contribution in [0, 0.1) is 3.57 Å². The van der Waals surface area contributed by atoms with Gasteiger partial charge >= 0.3 is 5.97 Å². The second-order valence-electron chi connectivity index (χ2n) is 5.84. The van der Waals surface area contributed by atoms with Gasteiger partial charge in [-0.15, -0.1) is 0 Å². The predicted molar refractivity (Wildman–Crippen MR) is 101 cm³/mol. The van der Waals surface area contributed by atoms with Gasteiger partial charge in [0.15, 0.2) is 0 Å². The molecule has 3 aromatic rings. The van der Waals surface area contributed by atoms with Gasteiger partial charge in [-0.1, -0.05) is 12.1 Å². The number of carbonyl (C=O) groups is 1. The SMILES string of the molecule is O=C(OCC1CCCN1c1ccnc2ncnn12)c1ccccc1I. The number of halogens is 1. The molecule has 0 saturated carbocycles. The number of fused-ring (bicyclic) bond motifs is 1. The number of aromatic nitrogens is 4. The highest BCUT2D eigenvalue weighted by molar-refractivity contribution is 14.1. The van der Waals surface area contributed by atoms with E-state index in [1.807, 2.05) is 24.3 Å². The third-order valence-electron chi connectivity index (χ3n) is 4.33. The van der Waals surface area contributed by atoms with Crippen molar-refractivity contribution in [1.29, 1.82) is 0 Å². The Bertz CT molecular complexity index is 913. The van der Waals surface area contributed by atoms with Gasteiger partial charge in [-0.25, -0.2) is 9.78 Å². The number of hydrogen-bond donors (Lipinski definition) is 0. The monoisotopic (exact) mass is 449 g/mol. The summed E-state index contributed by atoms with van der Waals surface area (Å²) in [6, 6.07) is 9.49. The summed E-state index contributed by atoms with van der Waals surface area (Å²) < 4.78 is 8.21. The Kier molecular flexibility index (Phi) is 4.51. The van der Waals surface area contributed by atoms with Crippen LogP contribution in [0.5, 0.6) is 0 Å². The van der Waals surface area contributed by atoms with Crippen molar-refractivity contribution in [2.45, 2.75) is 18.9 Å². The lowest BCUT2D eigenvalue weighted by Gasteiger charge is -2.26. The molecule has 1 fully saturated rings. The molecule has 25 heavy (non-hydrogen) atoms. The van der Waals surface area contributed by atoms with Gasteiger partial charge in [-0.3, -0.25) is 0 Å². The summed E-state index contributed by atoms with van der Waals surface area (Å²) >= 11 is 2.15. The molecule has 4 rings (SSSR count). The van der Waals surface area contributed by atoms with Gasteiger partial charge in [0.05, 0.1) is 11.6 Å². The van der Waals surface area contributed by atoms with Crippen molar-refractivity contribution in [2.24, 2.45) is 0 Å². The third kappa shape index (κ3) is 3.17. The first kappa shape index (κ1) is 16.2. The number of hydrogen-bond acceptors (Lipinski definition) is 6. The molecule has 128 valence electrons. The molecule has 7 nitrogen and oxygen atoms in total. The van der Waals surface area contributed by atoms with Gasteiger partial charge < -0.3 is 9.64 Å². The Balaban J connectivity index is 1.50. The summed E-state index contributed by atoms with van der Waals surface area (Å²) in [5, 5.41) is 4.24. The largest absolute Gasteiger partial charge is 0.460 e. The van der Waals surface area contributed by atoms with Gasteiger partial charge in [-0.05, 0) is 53.6 Å². The standard InChI is InChI=1S/C17H16IN5O2/c18-14-6-2-1-5-13(14)16(24)25-10-12-4-3-9-22(12)15-7-8-19-17-20-11-21-23(15)17/h1-2,5-8,11-12H,3-4,9-10H2. The minimum absolute atomic E-state index is 0.125. The van der Waals surface area contributed by atoms with Crippen molar-refractivity contribution in [1.82, 2.24) is 19.6 Å². The first-order chi connectivity index (χ1) is 12.2. The minimum Gasteiger partial charge on any atom is -0.460 e. The van der Waals surface area contributed by atoms with Gasteiger partial charge in [0.2, 0.25) is 0 Å². The zero-order valence-corrected chi connectivity index (χ0v) is 15.5. The molecule has 0 N–H and O–H groups in total. The number of carbonyl (C=O) groups excluding carboxylic acids is 1. The van der Waals surface area contributed by atoms with Crippen LogP contribution in [0.25, 0.3) is 5.78 Å². The quantitative estimate of drug-likeness (QED) is 0.451. The van der Waals surface area contributed by atoms with Gasteiger partial charge in [0.25, 0.3) is 5.78 Å². The highest BCUT2D eigenvalue weighted by atomic mass is 127. The predicted octanol–water partition coefficient (Wildman–Crippen LogP) is 2.55. The van der Waals surface area contributed by atoms with Gasteiger partial charge in [0.1, 0.15) is 18.8 Å². The van der Waals surface area contributed by atoms with E-state index in [1.54, 1.807) is 16.8 Å². The van der Waals surface area contributed by atoms with E-state index in [1.165, 1.54) is 6.33 Å². The molecule has 1 unspecified atom stereocenters. The molecule has 1 aliphatic rings. The van der Waals surface area contributed by atoms with Crippen LogP contribution in [0.4, 0.5) is 5.82 Å². The first-order valence-corrected chi connectivity index (χ1v) is 9.15. The fourth-order valence-corrected chi connectivity index (χ4v) is 3.74. The van der Waals surface area contributed by atoms with E-state index in [0.717, 1.165) is 28.8 Å². The number of nitrogens with zero attached hydrogens (tertiary/aromatic N) is 5. The maximum absolute atomic E-state index is 12.4. The highest BCUT2D eigenvalue weighted by Crippen LogP contribution is 2.25. The van der Waals surface area contributed by atoms with Crippen LogP contribution in [0.15, 0.2) is 42.9 Å². The molecule has 0 amide bonds. The van der Waals surface area contributed by atoms with Crippen molar-refractivity contribution in [3.05, 3.63) is 52.0 Å². The van der Waals surface area contributed by atoms with Crippen LogP contribution in [0.2, 0.25) is 0 Å². The van der Waals surface area contributed by atoms with Crippen LogP contribution < -0.4 is 4.90 Å². The van der Waals surface area contributed by atoms with Crippen LogP contribution in [-0.4, -0.2) is 44.7 Å². The summed E-state index contributed by atoms with van der Waals surface area (Å²) in [5.41, 5.74) is 0.607. The fourth-order valence-electron chi connectivity index (χ4n) is 3.13. The average Bonchev–Trinajstić information content (AvgIpc) is 3.28. The van der Waals surface area contributed by atoms with Crippen LogP contribution in [0.1, 0.15) is 23.2 Å². The molecule has 0 bridgehead atoms. The van der Waals surface area contributed by atoms with E-state index in [2.05, 4.69) is 42.6 Å². The molecule has 1 saturated heterocycles. The Hall–Kier alpha value is -2.23.